The molecule has 1 atom stereocenters. The first-order chi connectivity index (χ1) is 4.09. The molecule has 5 heteroatoms. The van der Waals surface area contributed by atoms with E-state index in [0.717, 1.165) is 0 Å². The summed E-state index contributed by atoms with van der Waals surface area (Å²) in [6.45, 7) is 3.23. The fraction of sp³-hybridized carbons (Fsp3) is 0.250. The number of urea groups is 1. The third-order valence-corrected chi connectivity index (χ3v) is 0.750. The second kappa shape index (κ2) is 3.06. The van der Waals surface area contributed by atoms with Crippen LogP contribution in [0, 0.1) is 0 Å². The van der Waals surface area contributed by atoms with Gasteiger partial charge >= 0.3 is 6.03 Å². The Balaban J connectivity index is 3.86. The molecule has 0 radical (unpaired) electrons. The van der Waals surface area contributed by atoms with Crippen LogP contribution >= 0.6 is 0 Å². The minimum absolute atomic E-state index is 0.187. The third-order valence-electron chi connectivity index (χ3n) is 0.750. The maximum absolute atomic E-state index is 10.1. The predicted molar refractivity (Wildman–Crippen MR) is 31.4 cm³/mol. The number of hydroxylamine groups is 2. The lowest BCUT2D eigenvalue weighted by Crippen LogP contribution is -2.44. The van der Waals surface area contributed by atoms with Crippen LogP contribution < -0.4 is 11.5 Å². The lowest BCUT2D eigenvalue weighted by molar-refractivity contribution is -0.0593. The summed E-state index contributed by atoms with van der Waals surface area (Å²) >= 11 is 0. The van der Waals surface area contributed by atoms with E-state index in [1.54, 1.807) is 0 Å². The van der Waals surface area contributed by atoms with Gasteiger partial charge in [-0.25, -0.2) is 4.79 Å². The molecule has 0 aliphatic rings. The largest absolute Gasteiger partial charge is 0.350 e. The number of carbonyl (C=O) groups excluding carboxylic acids is 1. The Hall–Kier alpha value is -1.07. The molecule has 5 nitrogen and oxygen atoms in total. The first-order valence-corrected chi connectivity index (χ1v) is 2.25. The summed E-state index contributed by atoms with van der Waals surface area (Å²) in [7, 11) is 0. The van der Waals surface area contributed by atoms with Crippen LogP contribution in [0.1, 0.15) is 0 Å². The molecule has 0 saturated carbocycles. The van der Waals surface area contributed by atoms with Crippen molar-refractivity contribution in [3.63, 3.8) is 0 Å². The van der Waals surface area contributed by atoms with Gasteiger partial charge in [0.05, 0.1) is 0 Å². The summed E-state index contributed by atoms with van der Waals surface area (Å²) in [4.78, 5) is 10.1. The lowest BCUT2D eigenvalue weighted by atomic mass is 10.5. The highest BCUT2D eigenvalue weighted by Crippen LogP contribution is 1.86. The molecule has 0 aliphatic heterocycles. The summed E-state index contributed by atoms with van der Waals surface area (Å²) in [5.74, 6) is 0. The zero-order valence-electron chi connectivity index (χ0n) is 4.82. The molecule has 0 aromatic rings. The molecule has 0 aromatic carbocycles. The monoisotopic (exact) mass is 131 g/mol. The number of hydrogen-bond acceptors (Lipinski definition) is 3. The van der Waals surface area contributed by atoms with E-state index in [1.165, 1.54) is 6.08 Å². The second-order valence-corrected chi connectivity index (χ2v) is 1.41. The Bertz CT molecular complexity index is 125. The molecule has 0 spiro atoms. The van der Waals surface area contributed by atoms with Gasteiger partial charge in [0.15, 0.2) is 0 Å². The van der Waals surface area contributed by atoms with Crippen LogP contribution in [-0.4, -0.2) is 22.5 Å². The molecule has 0 saturated heterocycles. The van der Waals surface area contributed by atoms with E-state index in [4.69, 9.17) is 10.9 Å². The number of carbonyl (C=O) groups is 1. The first-order valence-electron chi connectivity index (χ1n) is 2.25. The van der Waals surface area contributed by atoms with Crippen LogP contribution in [0.4, 0.5) is 4.79 Å². The van der Waals surface area contributed by atoms with E-state index >= 15 is 0 Å². The molecule has 9 heavy (non-hydrogen) atoms. The van der Waals surface area contributed by atoms with Crippen molar-refractivity contribution in [1.82, 2.24) is 5.06 Å². The Morgan fingerprint density at radius 3 is 2.44 bits per heavy atom. The van der Waals surface area contributed by atoms with Gasteiger partial charge < -0.3 is 11.5 Å². The lowest BCUT2D eigenvalue weighted by Gasteiger charge is -2.15. The second-order valence-electron chi connectivity index (χ2n) is 1.41. The molecule has 0 aromatic heterocycles. The molecule has 5 N–H and O–H groups in total. The fourth-order valence-corrected chi connectivity index (χ4v) is 0.247. The van der Waals surface area contributed by atoms with Gasteiger partial charge in [-0.1, -0.05) is 12.7 Å². The Morgan fingerprint density at radius 1 is 1.89 bits per heavy atom. The van der Waals surface area contributed by atoms with E-state index in [9.17, 15) is 4.79 Å². The average molecular weight is 131 g/mol. The number of nitrogens with two attached hydrogens (primary N) is 2. The summed E-state index contributed by atoms with van der Waals surface area (Å²) < 4.78 is 0. The van der Waals surface area contributed by atoms with Gasteiger partial charge in [-0.05, 0) is 0 Å². The van der Waals surface area contributed by atoms with E-state index in [1.807, 2.05) is 0 Å². The smallest absolute Gasteiger partial charge is 0.340 e. The van der Waals surface area contributed by atoms with Crippen molar-refractivity contribution in [1.29, 1.82) is 0 Å². The number of primary amides is 1. The Kier molecular flexibility index (Phi) is 2.69. The zero-order chi connectivity index (χ0) is 7.44. The van der Waals surface area contributed by atoms with Crippen LogP contribution in [0.2, 0.25) is 0 Å². The number of rotatable bonds is 2. The number of nitrogens with zero attached hydrogens (tertiary/aromatic N) is 1. The average Bonchev–Trinajstić information content (AvgIpc) is 1.84. The van der Waals surface area contributed by atoms with E-state index in [0.29, 0.717) is 0 Å². The highest BCUT2D eigenvalue weighted by atomic mass is 16.5. The maximum atomic E-state index is 10.1. The highest BCUT2D eigenvalue weighted by Gasteiger charge is 2.10. The third kappa shape index (κ3) is 2.11. The van der Waals surface area contributed by atoms with Crippen LogP contribution in [0.5, 0.6) is 0 Å². The molecule has 0 aliphatic carbocycles. The summed E-state index contributed by atoms with van der Waals surface area (Å²) in [5.41, 5.74) is 9.70. The van der Waals surface area contributed by atoms with Gasteiger partial charge in [-0.3, -0.25) is 5.21 Å². The minimum Gasteiger partial charge on any atom is -0.350 e. The summed E-state index contributed by atoms with van der Waals surface area (Å²) in [6, 6.07) is -0.998. The standard InChI is InChI=1S/C4H9N3O2/c1-2-3(5)7(9)4(6)8/h2-3,9H,1,5H2,(H2,6,8). The molecule has 1 unspecified atom stereocenters. The van der Waals surface area contributed by atoms with Crippen molar-refractivity contribution in [2.75, 3.05) is 0 Å². The SMILES string of the molecule is C=CC(N)N(O)C(N)=O. The van der Waals surface area contributed by atoms with Gasteiger partial charge in [0.1, 0.15) is 6.17 Å². The quantitative estimate of drug-likeness (QED) is 0.199. The van der Waals surface area contributed by atoms with Crippen LogP contribution in [0.25, 0.3) is 0 Å². The van der Waals surface area contributed by atoms with Gasteiger partial charge in [-0.15, -0.1) is 0 Å². The fourth-order valence-electron chi connectivity index (χ4n) is 0.247. The van der Waals surface area contributed by atoms with Crippen LogP contribution in [-0.2, 0) is 0 Å². The highest BCUT2D eigenvalue weighted by molar-refractivity contribution is 5.71. The predicted octanol–water partition coefficient (Wildman–Crippen LogP) is -0.773. The maximum Gasteiger partial charge on any atom is 0.340 e. The van der Waals surface area contributed by atoms with E-state index in [2.05, 4.69) is 12.3 Å². The molecule has 0 rings (SSSR count). The summed E-state index contributed by atoms with van der Waals surface area (Å²) in [5, 5.41) is 8.75. The minimum atomic E-state index is -0.998. The van der Waals surface area contributed by atoms with Gasteiger partial charge in [0.25, 0.3) is 0 Å². The first kappa shape index (κ1) is 7.93. The van der Waals surface area contributed by atoms with Crippen molar-refractivity contribution >= 4 is 6.03 Å². The Labute approximate surface area is 52.5 Å². The van der Waals surface area contributed by atoms with E-state index in [-0.39, 0.29) is 5.06 Å². The van der Waals surface area contributed by atoms with Crippen LogP contribution in [0.3, 0.4) is 0 Å². The van der Waals surface area contributed by atoms with Crippen molar-refractivity contribution < 1.29 is 10.0 Å². The Morgan fingerprint density at radius 2 is 2.33 bits per heavy atom. The zero-order valence-corrected chi connectivity index (χ0v) is 4.82. The van der Waals surface area contributed by atoms with Gasteiger partial charge in [-0.2, -0.15) is 5.06 Å². The number of hydrogen-bond donors (Lipinski definition) is 3. The molecular weight excluding hydrogens is 122 g/mol. The molecule has 0 heterocycles. The van der Waals surface area contributed by atoms with Crippen molar-refractivity contribution in [2.24, 2.45) is 11.5 Å². The van der Waals surface area contributed by atoms with Crippen molar-refractivity contribution in [2.45, 2.75) is 6.17 Å². The topological polar surface area (TPSA) is 92.6 Å². The van der Waals surface area contributed by atoms with Crippen LogP contribution in [0.15, 0.2) is 12.7 Å². The van der Waals surface area contributed by atoms with Gasteiger partial charge in [0.2, 0.25) is 0 Å². The van der Waals surface area contributed by atoms with Crippen molar-refractivity contribution in [3.8, 4) is 0 Å². The van der Waals surface area contributed by atoms with Gasteiger partial charge in [0, 0.05) is 0 Å². The molecule has 0 fully saturated rings. The summed E-state index contributed by atoms with van der Waals surface area (Å²) in [6.07, 6.45) is 0.257. The molecule has 52 valence electrons. The van der Waals surface area contributed by atoms with E-state index < -0.39 is 12.2 Å². The van der Waals surface area contributed by atoms with Crippen molar-refractivity contribution in [3.05, 3.63) is 12.7 Å². The molecule has 0 bridgehead atoms. The molecule has 2 amide bonds. The normalized spacial score (nSPS) is 12.2. The molecular formula is C4H9N3O2. The number of amides is 2.